The molecule has 3 rings (SSSR count). The fourth-order valence-corrected chi connectivity index (χ4v) is 2.71. The van der Waals surface area contributed by atoms with Crippen LogP contribution in [0.25, 0.3) is 10.9 Å². The number of fused-ring (bicyclic) bond motifs is 1. The Labute approximate surface area is 118 Å². The number of amides is 1. The van der Waals surface area contributed by atoms with Crippen molar-refractivity contribution in [3.63, 3.8) is 0 Å². The van der Waals surface area contributed by atoms with Crippen LogP contribution in [-0.2, 0) is 0 Å². The van der Waals surface area contributed by atoms with Gasteiger partial charge in [0, 0.05) is 18.5 Å². The monoisotopic (exact) mass is 269 g/mol. The minimum atomic E-state index is 0.00734. The van der Waals surface area contributed by atoms with E-state index in [1.54, 1.807) is 0 Å². The summed E-state index contributed by atoms with van der Waals surface area (Å²) in [6, 6.07) is 11.6. The summed E-state index contributed by atoms with van der Waals surface area (Å²) in [7, 11) is 0. The number of hydrogen-bond donors (Lipinski definition) is 1. The molecule has 1 aromatic carbocycles. The van der Waals surface area contributed by atoms with E-state index in [0.29, 0.717) is 12.2 Å². The summed E-state index contributed by atoms with van der Waals surface area (Å²) in [4.78, 5) is 18.9. The Morgan fingerprint density at radius 2 is 2.15 bits per heavy atom. The lowest BCUT2D eigenvalue weighted by Crippen LogP contribution is -2.34. The number of aromatic nitrogens is 1. The number of nitrogens with two attached hydrogens (primary N) is 1. The molecule has 4 heteroatoms. The Morgan fingerprint density at radius 3 is 2.90 bits per heavy atom. The van der Waals surface area contributed by atoms with Gasteiger partial charge in [-0.3, -0.25) is 4.79 Å². The van der Waals surface area contributed by atoms with E-state index >= 15 is 0 Å². The normalized spacial score (nSPS) is 22.4. The van der Waals surface area contributed by atoms with E-state index in [9.17, 15) is 4.79 Å². The predicted octanol–water partition coefficient (Wildman–Crippen LogP) is 2.05. The zero-order valence-electron chi connectivity index (χ0n) is 11.7. The molecule has 0 radical (unpaired) electrons. The van der Waals surface area contributed by atoms with E-state index in [0.717, 1.165) is 30.4 Å². The number of nitrogens with zero attached hydrogens (tertiary/aromatic N) is 2. The summed E-state index contributed by atoms with van der Waals surface area (Å²) >= 11 is 0. The van der Waals surface area contributed by atoms with Crippen molar-refractivity contribution in [3.05, 3.63) is 42.1 Å². The number of hydrogen-bond acceptors (Lipinski definition) is 3. The largest absolute Gasteiger partial charge is 0.337 e. The van der Waals surface area contributed by atoms with E-state index in [2.05, 4.69) is 11.9 Å². The van der Waals surface area contributed by atoms with E-state index < -0.39 is 0 Å². The highest BCUT2D eigenvalue weighted by molar-refractivity contribution is 5.95. The first-order valence-electron chi connectivity index (χ1n) is 6.96. The molecule has 1 amide bonds. The van der Waals surface area contributed by atoms with Gasteiger partial charge in [-0.1, -0.05) is 31.2 Å². The average Bonchev–Trinajstić information content (AvgIpc) is 2.89. The molecule has 0 spiro atoms. The molecule has 1 unspecified atom stereocenters. The van der Waals surface area contributed by atoms with E-state index in [1.165, 1.54) is 0 Å². The number of likely N-dealkylation sites (tertiary alicyclic amines) is 1. The van der Waals surface area contributed by atoms with Gasteiger partial charge in [-0.15, -0.1) is 0 Å². The zero-order valence-corrected chi connectivity index (χ0v) is 11.7. The summed E-state index contributed by atoms with van der Waals surface area (Å²) in [5.74, 6) is 0.00734. The molecule has 1 fully saturated rings. The van der Waals surface area contributed by atoms with Gasteiger partial charge in [0.15, 0.2) is 0 Å². The molecule has 104 valence electrons. The number of pyridine rings is 1. The van der Waals surface area contributed by atoms with Gasteiger partial charge >= 0.3 is 0 Å². The minimum Gasteiger partial charge on any atom is -0.337 e. The summed E-state index contributed by atoms with van der Waals surface area (Å²) < 4.78 is 0. The fourth-order valence-electron chi connectivity index (χ4n) is 2.71. The van der Waals surface area contributed by atoms with Crippen molar-refractivity contribution in [2.75, 3.05) is 19.6 Å². The molecule has 1 aliphatic heterocycles. The van der Waals surface area contributed by atoms with Crippen molar-refractivity contribution in [1.82, 2.24) is 9.88 Å². The Bertz CT molecular complexity index is 655. The van der Waals surface area contributed by atoms with Crippen molar-refractivity contribution >= 4 is 16.8 Å². The minimum absolute atomic E-state index is 0.00734. The summed E-state index contributed by atoms with van der Waals surface area (Å²) in [5, 5.41) is 1.05. The van der Waals surface area contributed by atoms with Crippen LogP contribution in [-0.4, -0.2) is 35.4 Å². The van der Waals surface area contributed by atoms with Crippen LogP contribution in [0.3, 0.4) is 0 Å². The predicted molar refractivity (Wildman–Crippen MR) is 79.4 cm³/mol. The second kappa shape index (κ2) is 4.87. The second-order valence-corrected chi connectivity index (χ2v) is 5.88. The second-order valence-electron chi connectivity index (χ2n) is 5.88. The third kappa shape index (κ3) is 2.27. The quantitative estimate of drug-likeness (QED) is 0.907. The molecule has 1 saturated heterocycles. The molecule has 0 aliphatic carbocycles. The van der Waals surface area contributed by atoms with Crippen molar-refractivity contribution in [1.29, 1.82) is 0 Å². The average molecular weight is 269 g/mol. The van der Waals surface area contributed by atoms with Crippen molar-refractivity contribution < 1.29 is 4.79 Å². The lowest BCUT2D eigenvalue weighted by Gasteiger charge is -2.22. The Morgan fingerprint density at radius 1 is 1.35 bits per heavy atom. The molecule has 1 aromatic heterocycles. The van der Waals surface area contributed by atoms with Crippen molar-refractivity contribution in [3.8, 4) is 0 Å². The van der Waals surface area contributed by atoms with Crippen LogP contribution < -0.4 is 5.73 Å². The van der Waals surface area contributed by atoms with Gasteiger partial charge < -0.3 is 10.6 Å². The zero-order chi connectivity index (χ0) is 14.2. The third-order valence-electron chi connectivity index (χ3n) is 4.16. The van der Waals surface area contributed by atoms with Crippen LogP contribution in [0, 0.1) is 5.41 Å². The molecule has 0 bridgehead atoms. The van der Waals surface area contributed by atoms with Crippen molar-refractivity contribution in [2.45, 2.75) is 13.3 Å². The first-order valence-corrected chi connectivity index (χ1v) is 6.96. The number of benzene rings is 1. The molecule has 4 nitrogen and oxygen atoms in total. The smallest absolute Gasteiger partial charge is 0.272 e. The molecule has 1 aliphatic rings. The molecule has 1 atom stereocenters. The highest BCUT2D eigenvalue weighted by Crippen LogP contribution is 2.29. The molecular weight excluding hydrogens is 250 g/mol. The van der Waals surface area contributed by atoms with Gasteiger partial charge in [0.1, 0.15) is 5.69 Å². The third-order valence-corrected chi connectivity index (χ3v) is 4.16. The van der Waals surface area contributed by atoms with Gasteiger partial charge in [-0.2, -0.15) is 0 Å². The summed E-state index contributed by atoms with van der Waals surface area (Å²) in [5.41, 5.74) is 7.22. The van der Waals surface area contributed by atoms with Crippen LogP contribution >= 0.6 is 0 Å². The van der Waals surface area contributed by atoms with Gasteiger partial charge in [0.25, 0.3) is 5.91 Å². The number of para-hydroxylation sites is 1. The lowest BCUT2D eigenvalue weighted by atomic mass is 9.90. The topological polar surface area (TPSA) is 59.2 Å². The van der Waals surface area contributed by atoms with E-state index in [-0.39, 0.29) is 11.3 Å². The molecule has 20 heavy (non-hydrogen) atoms. The SMILES string of the molecule is CC1(CN)CCN(C(=O)c2ccc3ccccc3n2)C1. The maximum absolute atomic E-state index is 12.5. The van der Waals surface area contributed by atoms with E-state index in [4.69, 9.17) is 5.73 Å². The first-order chi connectivity index (χ1) is 9.61. The highest BCUT2D eigenvalue weighted by Gasteiger charge is 2.35. The maximum atomic E-state index is 12.5. The van der Waals surface area contributed by atoms with Crippen LogP contribution in [0.2, 0.25) is 0 Å². The number of carbonyl (C=O) groups is 1. The molecule has 2 aromatic rings. The van der Waals surface area contributed by atoms with Crippen LogP contribution in [0.4, 0.5) is 0 Å². The van der Waals surface area contributed by atoms with Gasteiger partial charge in [-0.05, 0) is 30.5 Å². The summed E-state index contributed by atoms with van der Waals surface area (Å²) in [6.45, 7) is 4.23. The van der Waals surface area contributed by atoms with E-state index in [1.807, 2.05) is 41.3 Å². The summed E-state index contributed by atoms with van der Waals surface area (Å²) in [6.07, 6.45) is 0.961. The molecule has 2 N–H and O–H groups in total. The van der Waals surface area contributed by atoms with Crippen LogP contribution in [0.1, 0.15) is 23.8 Å². The number of rotatable bonds is 2. The van der Waals surface area contributed by atoms with Gasteiger partial charge in [0.2, 0.25) is 0 Å². The van der Waals surface area contributed by atoms with Crippen LogP contribution in [0.15, 0.2) is 36.4 Å². The maximum Gasteiger partial charge on any atom is 0.272 e. The Hall–Kier alpha value is -1.94. The Balaban J connectivity index is 1.86. The van der Waals surface area contributed by atoms with Gasteiger partial charge in [0.05, 0.1) is 5.52 Å². The fraction of sp³-hybridized carbons (Fsp3) is 0.375. The molecule has 2 heterocycles. The standard InChI is InChI=1S/C16H19N3O/c1-16(10-17)8-9-19(11-16)15(20)14-7-6-12-4-2-3-5-13(12)18-14/h2-7H,8-11,17H2,1H3. The Kier molecular flexibility index (Phi) is 3.18. The van der Waals surface area contributed by atoms with Gasteiger partial charge in [-0.25, -0.2) is 4.98 Å². The van der Waals surface area contributed by atoms with Crippen molar-refractivity contribution in [2.24, 2.45) is 11.1 Å². The molecular formula is C16H19N3O. The molecule has 0 saturated carbocycles. The highest BCUT2D eigenvalue weighted by atomic mass is 16.2. The first kappa shape index (κ1) is 13.1. The lowest BCUT2D eigenvalue weighted by molar-refractivity contribution is 0.0771. The number of carbonyl (C=O) groups excluding carboxylic acids is 1. The van der Waals surface area contributed by atoms with Crippen LogP contribution in [0.5, 0.6) is 0 Å².